The first-order valence-electron chi connectivity index (χ1n) is 13.5. The van der Waals surface area contributed by atoms with Crippen LogP contribution in [0.5, 0.6) is 5.75 Å². The molecule has 0 fully saturated rings. The fraction of sp³-hybridized carbons (Fsp3) is 0.219. The molecule has 4 aromatic rings. The number of carbonyl (C=O) groups is 1. The second-order valence-electron chi connectivity index (χ2n) is 9.55. The highest BCUT2D eigenvalue weighted by Crippen LogP contribution is 2.44. The van der Waals surface area contributed by atoms with E-state index in [1.165, 1.54) is 23.3 Å². The van der Waals surface area contributed by atoms with Crippen LogP contribution in [0.2, 0.25) is 0 Å². The van der Waals surface area contributed by atoms with E-state index in [0.29, 0.717) is 0 Å². The minimum atomic E-state index is -3.85. The van der Waals surface area contributed by atoms with E-state index in [1.807, 2.05) is 48.5 Å². The average molecular weight is 589 g/mol. The van der Waals surface area contributed by atoms with Gasteiger partial charge in [-0.25, -0.2) is 13.2 Å². The monoisotopic (exact) mass is 588 g/mol. The normalized spacial score (nSPS) is 12.4. The Balaban J connectivity index is 0.969. The van der Waals surface area contributed by atoms with Gasteiger partial charge >= 0.3 is 6.09 Å². The summed E-state index contributed by atoms with van der Waals surface area (Å²) < 4.78 is 41.1. The third-order valence-electron chi connectivity index (χ3n) is 6.95. The van der Waals surface area contributed by atoms with Gasteiger partial charge in [0.25, 0.3) is 10.0 Å². The Morgan fingerprint density at radius 2 is 1.36 bits per heavy atom. The van der Waals surface area contributed by atoms with Crippen LogP contribution in [0.1, 0.15) is 17.0 Å². The van der Waals surface area contributed by atoms with Gasteiger partial charge in [-0.1, -0.05) is 77.7 Å². The van der Waals surface area contributed by atoms with Crippen molar-refractivity contribution in [1.29, 1.82) is 0 Å². The predicted octanol–water partition coefficient (Wildman–Crippen LogP) is 5.13. The van der Waals surface area contributed by atoms with Crippen molar-refractivity contribution in [2.45, 2.75) is 10.8 Å². The molecule has 218 valence electrons. The number of benzene rings is 4. The molecule has 0 aromatic heterocycles. The van der Waals surface area contributed by atoms with Crippen LogP contribution in [-0.4, -0.2) is 54.6 Å². The summed E-state index contributed by atoms with van der Waals surface area (Å²) in [5, 5.41) is 2.67. The topological polar surface area (TPSA) is 112 Å². The Kier molecular flexibility index (Phi) is 9.50. The van der Waals surface area contributed by atoms with Crippen molar-refractivity contribution in [2.75, 3.05) is 40.1 Å². The predicted molar refractivity (Wildman–Crippen MR) is 159 cm³/mol. The van der Waals surface area contributed by atoms with Gasteiger partial charge in [0.1, 0.15) is 12.4 Å². The molecule has 0 unspecified atom stereocenters. The lowest BCUT2D eigenvalue weighted by Crippen LogP contribution is -2.30. The van der Waals surface area contributed by atoms with Crippen LogP contribution < -0.4 is 14.9 Å². The smallest absolute Gasteiger partial charge is 0.407 e. The molecule has 42 heavy (non-hydrogen) atoms. The molecule has 0 heterocycles. The maximum Gasteiger partial charge on any atom is 0.407 e. The van der Waals surface area contributed by atoms with Gasteiger partial charge < -0.3 is 19.5 Å². The molecular formula is C32H32N2O7S. The Morgan fingerprint density at radius 3 is 1.98 bits per heavy atom. The first-order chi connectivity index (χ1) is 20.5. The lowest BCUT2D eigenvalue weighted by molar-refractivity contribution is 0.0270. The zero-order valence-electron chi connectivity index (χ0n) is 23.1. The van der Waals surface area contributed by atoms with Gasteiger partial charge in [-0.05, 0) is 57.6 Å². The Morgan fingerprint density at radius 1 is 0.762 bits per heavy atom. The number of hydrogen-bond donors (Lipinski definition) is 2. The van der Waals surface area contributed by atoms with E-state index in [0.717, 1.165) is 28.0 Å². The maximum atomic E-state index is 12.5. The van der Waals surface area contributed by atoms with Gasteiger partial charge in [0.2, 0.25) is 0 Å². The highest BCUT2D eigenvalue weighted by Gasteiger charge is 2.28. The van der Waals surface area contributed by atoms with Gasteiger partial charge in [-0.2, -0.15) is 0 Å². The number of rotatable bonds is 13. The van der Waals surface area contributed by atoms with Gasteiger partial charge in [-0.15, -0.1) is 0 Å². The molecule has 0 atom stereocenters. The van der Waals surface area contributed by atoms with Crippen LogP contribution in [0.15, 0.2) is 102 Å². The Bertz CT molecular complexity index is 1560. The fourth-order valence-corrected chi connectivity index (χ4v) is 5.68. The molecule has 9 nitrogen and oxygen atoms in total. The minimum absolute atomic E-state index is 0.00585. The summed E-state index contributed by atoms with van der Waals surface area (Å²) in [6.07, 6.45) is -0.525. The first kappa shape index (κ1) is 29.3. The van der Waals surface area contributed by atoms with Crippen molar-refractivity contribution in [1.82, 2.24) is 10.2 Å². The molecule has 0 saturated heterocycles. The summed E-state index contributed by atoms with van der Waals surface area (Å²) >= 11 is 0. The van der Waals surface area contributed by atoms with Crippen molar-refractivity contribution in [2.24, 2.45) is 0 Å². The van der Waals surface area contributed by atoms with Crippen LogP contribution in [0, 0.1) is 0 Å². The third-order valence-corrected chi connectivity index (χ3v) is 8.18. The van der Waals surface area contributed by atoms with Crippen LogP contribution in [0.4, 0.5) is 4.79 Å². The van der Waals surface area contributed by atoms with E-state index < -0.39 is 16.1 Å². The van der Waals surface area contributed by atoms with Gasteiger partial charge in [0.15, 0.2) is 0 Å². The molecule has 10 heteroatoms. The highest BCUT2D eigenvalue weighted by molar-refractivity contribution is 7.89. The number of sulfonamides is 1. The van der Waals surface area contributed by atoms with E-state index in [2.05, 4.69) is 34.5 Å². The molecule has 0 aliphatic heterocycles. The van der Waals surface area contributed by atoms with E-state index in [1.54, 1.807) is 19.2 Å². The minimum Gasteiger partial charge on any atom is -0.497 e. The standard InChI is InChI=1S/C32H32N2O7S/c1-38-25-14-10-23(11-15-25)24-12-16-26(17-13-24)42(36,37)34-41-21-20-39-19-18-33-32(35)40-22-31-29-8-4-2-6-27(29)28-7-3-5-9-30(28)31/h2-17,31,34H,18-22H2,1H3,(H,33,35). The number of amides is 1. The van der Waals surface area contributed by atoms with Crippen LogP contribution in [0.25, 0.3) is 22.3 Å². The SMILES string of the molecule is COc1ccc(-c2ccc(S(=O)(=O)NOCCOCCNC(=O)OCC3c4ccccc4-c4ccccc43)cc2)cc1. The lowest BCUT2D eigenvalue weighted by Gasteiger charge is -2.14. The largest absolute Gasteiger partial charge is 0.497 e. The zero-order valence-corrected chi connectivity index (χ0v) is 23.9. The molecule has 0 bridgehead atoms. The van der Waals surface area contributed by atoms with Crippen molar-refractivity contribution < 1.29 is 32.3 Å². The molecule has 1 aliphatic rings. The number of nitrogens with one attached hydrogen (secondary N) is 2. The van der Waals surface area contributed by atoms with Gasteiger partial charge in [0, 0.05) is 12.5 Å². The summed E-state index contributed by atoms with van der Waals surface area (Å²) in [4.78, 5) is 19.5. The number of carbonyl (C=O) groups excluding carboxylic acids is 1. The van der Waals surface area contributed by atoms with Crippen molar-refractivity contribution in [3.63, 3.8) is 0 Å². The molecule has 4 aromatic carbocycles. The molecule has 0 radical (unpaired) electrons. The maximum absolute atomic E-state index is 12.5. The van der Waals surface area contributed by atoms with Gasteiger partial charge in [0.05, 0.1) is 31.8 Å². The molecule has 2 N–H and O–H groups in total. The van der Waals surface area contributed by atoms with Crippen LogP contribution in [-0.2, 0) is 24.3 Å². The van der Waals surface area contributed by atoms with Crippen LogP contribution >= 0.6 is 0 Å². The highest BCUT2D eigenvalue weighted by atomic mass is 32.2. The molecule has 0 spiro atoms. The van der Waals surface area contributed by atoms with Crippen molar-refractivity contribution in [3.8, 4) is 28.0 Å². The number of hydrogen-bond acceptors (Lipinski definition) is 7. The summed E-state index contributed by atoms with van der Waals surface area (Å²) in [6.45, 7) is 0.814. The first-order valence-corrected chi connectivity index (χ1v) is 15.0. The Hall–Kier alpha value is -4.22. The third kappa shape index (κ3) is 6.97. The second kappa shape index (κ2) is 13.6. The summed E-state index contributed by atoms with van der Waals surface area (Å²) in [5.74, 6) is 0.738. The molecule has 5 rings (SSSR count). The quantitative estimate of drug-likeness (QED) is 0.165. The zero-order chi connectivity index (χ0) is 29.4. The van der Waals surface area contributed by atoms with E-state index in [9.17, 15) is 13.2 Å². The number of methoxy groups -OCH3 is 1. The van der Waals surface area contributed by atoms with E-state index >= 15 is 0 Å². The van der Waals surface area contributed by atoms with E-state index in [4.69, 9.17) is 19.0 Å². The van der Waals surface area contributed by atoms with Crippen molar-refractivity contribution >= 4 is 16.1 Å². The van der Waals surface area contributed by atoms with Crippen LogP contribution in [0.3, 0.4) is 0 Å². The average Bonchev–Trinajstić information content (AvgIpc) is 3.35. The Labute approximate surface area is 245 Å². The summed E-state index contributed by atoms with van der Waals surface area (Å²) in [5.41, 5.74) is 6.45. The molecule has 1 aliphatic carbocycles. The summed E-state index contributed by atoms with van der Waals surface area (Å²) in [6, 6.07) is 30.3. The second-order valence-corrected chi connectivity index (χ2v) is 11.2. The molecule has 0 saturated carbocycles. The van der Waals surface area contributed by atoms with Gasteiger partial charge in [-0.3, -0.25) is 4.84 Å². The fourth-order valence-electron chi connectivity index (χ4n) is 4.85. The van der Waals surface area contributed by atoms with Crippen molar-refractivity contribution in [3.05, 3.63) is 108 Å². The summed E-state index contributed by atoms with van der Waals surface area (Å²) in [7, 11) is -2.25. The molecular weight excluding hydrogens is 556 g/mol. The molecule has 1 amide bonds. The number of ether oxygens (including phenoxy) is 3. The number of alkyl carbamates (subject to hydrolysis) is 1. The lowest BCUT2D eigenvalue weighted by atomic mass is 9.98. The number of fused-ring (bicyclic) bond motifs is 3. The van der Waals surface area contributed by atoms with E-state index in [-0.39, 0.29) is 43.8 Å².